The molecule has 2 N–H and O–H groups in total. The van der Waals surface area contributed by atoms with Gasteiger partial charge in [0.05, 0.1) is 12.2 Å². The average molecular weight is 432 g/mol. The van der Waals surface area contributed by atoms with E-state index in [2.05, 4.69) is 15.4 Å². The molecule has 2 aromatic rings. The van der Waals surface area contributed by atoms with Crippen molar-refractivity contribution in [2.24, 2.45) is 0 Å². The number of nitrogens with zero attached hydrogens (tertiary/aromatic N) is 2. The van der Waals surface area contributed by atoms with Gasteiger partial charge in [-0.1, -0.05) is 42.5 Å². The number of carbonyl (C=O) groups is 2. The summed E-state index contributed by atoms with van der Waals surface area (Å²) in [6.07, 6.45) is 0.703. The van der Waals surface area contributed by atoms with Crippen molar-refractivity contribution in [2.75, 3.05) is 38.0 Å². The average Bonchev–Trinajstić information content (AvgIpc) is 3.00. The second-order valence-electron chi connectivity index (χ2n) is 7.18. The fraction of sp³-hybridized carbons (Fsp3) is 0.364. The van der Waals surface area contributed by atoms with Gasteiger partial charge in [-0.15, -0.1) is 0 Å². The molecule has 0 aromatic heterocycles. The minimum absolute atomic E-state index is 0.0696. The smallest absolute Gasteiger partial charge is 0.387 e. The van der Waals surface area contributed by atoms with Crippen molar-refractivity contribution in [1.29, 1.82) is 0 Å². The summed E-state index contributed by atoms with van der Waals surface area (Å²) < 4.78 is 29.6. The SMILES string of the molecule is O=C(CN1CCCN(C(=O)Nc2ccccc2OC(F)F)CC1)NCc1ccccc1. The first kappa shape index (κ1) is 22.5. The molecule has 0 bridgehead atoms. The zero-order valence-electron chi connectivity index (χ0n) is 17.1. The van der Waals surface area contributed by atoms with Crippen molar-refractivity contribution in [3.63, 3.8) is 0 Å². The van der Waals surface area contributed by atoms with Crippen LogP contribution in [0.25, 0.3) is 0 Å². The highest BCUT2D eigenvalue weighted by molar-refractivity contribution is 5.91. The zero-order chi connectivity index (χ0) is 22.1. The second kappa shape index (κ2) is 11.3. The van der Waals surface area contributed by atoms with E-state index in [-0.39, 0.29) is 29.9 Å². The van der Waals surface area contributed by atoms with E-state index < -0.39 is 6.61 Å². The lowest BCUT2D eigenvalue weighted by Crippen LogP contribution is -2.40. The molecule has 1 fully saturated rings. The van der Waals surface area contributed by atoms with E-state index in [1.54, 1.807) is 17.0 Å². The first-order chi connectivity index (χ1) is 15.0. The van der Waals surface area contributed by atoms with E-state index in [1.165, 1.54) is 12.1 Å². The van der Waals surface area contributed by atoms with Gasteiger partial charge in [-0.3, -0.25) is 9.69 Å². The highest BCUT2D eigenvalue weighted by atomic mass is 19.3. The Bertz CT molecular complexity index is 867. The molecule has 0 saturated carbocycles. The van der Waals surface area contributed by atoms with E-state index >= 15 is 0 Å². The summed E-state index contributed by atoms with van der Waals surface area (Å²) in [7, 11) is 0. The van der Waals surface area contributed by atoms with E-state index in [0.29, 0.717) is 39.1 Å². The minimum atomic E-state index is -2.97. The van der Waals surface area contributed by atoms with Crippen molar-refractivity contribution in [3.8, 4) is 5.75 Å². The number of ether oxygens (including phenoxy) is 1. The number of halogens is 2. The van der Waals surface area contributed by atoms with Crippen molar-refractivity contribution >= 4 is 17.6 Å². The zero-order valence-corrected chi connectivity index (χ0v) is 17.1. The van der Waals surface area contributed by atoms with Crippen LogP contribution in [0.3, 0.4) is 0 Å². The topological polar surface area (TPSA) is 73.9 Å². The largest absolute Gasteiger partial charge is 0.433 e. The number of anilines is 1. The molecule has 7 nitrogen and oxygen atoms in total. The number of nitrogens with one attached hydrogen (secondary N) is 2. The van der Waals surface area contributed by atoms with Gasteiger partial charge in [-0.25, -0.2) is 4.79 Å². The molecule has 0 aliphatic carbocycles. The van der Waals surface area contributed by atoms with Crippen LogP contribution in [0.2, 0.25) is 0 Å². The molecule has 9 heteroatoms. The predicted molar refractivity (Wildman–Crippen MR) is 113 cm³/mol. The van der Waals surface area contributed by atoms with Gasteiger partial charge >= 0.3 is 12.6 Å². The maximum atomic E-state index is 12.6. The minimum Gasteiger partial charge on any atom is -0.433 e. The van der Waals surface area contributed by atoms with Crippen molar-refractivity contribution in [2.45, 2.75) is 19.6 Å². The molecule has 31 heavy (non-hydrogen) atoms. The molecule has 1 aliphatic heterocycles. The number of rotatable bonds is 7. The first-order valence-electron chi connectivity index (χ1n) is 10.1. The Balaban J connectivity index is 1.47. The molecular weight excluding hydrogens is 406 g/mol. The number of urea groups is 1. The molecule has 3 amide bonds. The lowest BCUT2D eigenvalue weighted by molar-refractivity contribution is -0.122. The standard InChI is InChI=1S/C22H26F2N4O3/c23-21(24)31-19-10-5-4-9-18(19)26-22(30)28-12-6-11-27(13-14-28)16-20(29)25-15-17-7-2-1-3-8-17/h1-5,7-10,21H,6,11-16H2,(H,25,29)(H,26,30). The van der Waals surface area contributed by atoms with Crippen molar-refractivity contribution in [1.82, 2.24) is 15.1 Å². The third-order valence-electron chi connectivity index (χ3n) is 4.92. The van der Waals surface area contributed by atoms with Crippen LogP contribution in [-0.4, -0.2) is 61.1 Å². The van der Waals surface area contributed by atoms with Gasteiger partial charge in [0.25, 0.3) is 0 Å². The van der Waals surface area contributed by atoms with Gasteiger partial charge in [0.15, 0.2) is 0 Å². The summed E-state index contributed by atoms with van der Waals surface area (Å²) in [6.45, 7) is -0.0794. The Hall–Kier alpha value is -3.20. The van der Waals surface area contributed by atoms with Crippen LogP contribution in [0.15, 0.2) is 54.6 Å². The third-order valence-corrected chi connectivity index (χ3v) is 4.92. The van der Waals surface area contributed by atoms with Gasteiger partial charge in [0.1, 0.15) is 5.75 Å². The number of hydrogen-bond donors (Lipinski definition) is 2. The molecule has 2 aromatic carbocycles. The van der Waals surface area contributed by atoms with Crippen LogP contribution in [0, 0.1) is 0 Å². The van der Waals surface area contributed by atoms with Gasteiger partial charge in [0.2, 0.25) is 5.91 Å². The van der Waals surface area contributed by atoms with E-state index in [1.807, 2.05) is 35.2 Å². The Kier molecular flexibility index (Phi) is 8.17. The number of alkyl halides is 2. The Morgan fingerprint density at radius 2 is 1.71 bits per heavy atom. The van der Waals surface area contributed by atoms with Gasteiger partial charge < -0.3 is 20.3 Å². The molecule has 0 unspecified atom stereocenters. The summed E-state index contributed by atoms with van der Waals surface area (Å²) in [5.74, 6) is -0.155. The lowest BCUT2D eigenvalue weighted by Gasteiger charge is -2.22. The molecule has 0 radical (unpaired) electrons. The molecule has 0 spiro atoms. The molecule has 1 aliphatic rings. The maximum absolute atomic E-state index is 12.6. The van der Waals surface area contributed by atoms with Crippen LogP contribution >= 0.6 is 0 Å². The molecule has 166 valence electrons. The highest BCUT2D eigenvalue weighted by Gasteiger charge is 2.21. The second-order valence-corrected chi connectivity index (χ2v) is 7.18. The van der Waals surface area contributed by atoms with Crippen LogP contribution in [0.1, 0.15) is 12.0 Å². The van der Waals surface area contributed by atoms with Crippen molar-refractivity contribution < 1.29 is 23.1 Å². The van der Waals surface area contributed by atoms with Gasteiger partial charge in [-0.2, -0.15) is 8.78 Å². The predicted octanol–water partition coefficient (Wildman–Crippen LogP) is 3.14. The van der Waals surface area contributed by atoms with Crippen molar-refractivity contribution in [3.05, 3.63) is 60.2 Å². The molecule has 1 saturated heterocycles. The third kappa shape index (κ3) is 7.21. The van der Waals surface area contributed by atoms with Gasteiger partial charge in [0, 0.05) is 32.7 Å². The maximum Gasteiger partial charge on any atom is 0.387 e. The normalized spacial score (nSPS) is 14.7. The lowest BCUT2D eigenvalue weighted by atomic mass is 10.2. The fourth-order valence-electron chi connectivity index (χ4n) is 3.35. The highest BCUT2D eigenvalue weighted by Crippen LogP contribution is 2.25. The van der Waals surface area contributed by atoms with E-state index in [0.717, 1.165) is 5.56 Å². The Labute approximate surface area is 180 Å². The summed E-state index contributed by atoms with van der Waals surface area (Å²) in [5.41, 5.74) is 1.22. The van der Waals surface area contributed by atoms with Crippen LogP contribution in [0.4, 0.5) is 19.3 Å². The number of carbonyl (C=O) groups excluding carboxylic acids is 2. The van der Waals surface area contributed by atoms with Crippen LogP contribution in [-0.2, 0) is 11.3 Å². The number of benzene rings is 2. The monoisotopic (exact) mass is 432 g/mol. The number of para-hydroxylation sites is 2. The van der Waals surface area contributed by atoms with Gasteiger partial charge in [-0.05, 0) is 24.1 Å². The van der Waals surface area contributed by atoms with E-state index in [4.69, 9.17) is 0 Å². The molecule has 1 heterocycles. The Morgan fingerprint density at radius 3 is 2.48 bits per heavy atom. The van der Waals surface area contributed by atoms with E-state index in [9.17, 15) is 18.4 Å². The quantitative estimate of drug-likeness (QED) is 0.705. The van der Waals surface area contributed by atoms with Crippen LogP contribution in [0.5, 0.6) is 5.75 Å². The molecule has 3 rings (SSSR count). The first-order valence-corrected chi connectivity index (χ1v) is 10.1. The molecular formula is C22H26F2N4O3. The fourth-order valence-corrected chi connectivity index (χ4v) is 3.35. The summed E-state index contributed by atoms with van der Waals surface area (Å²) in [6, 6.07) is 15.4. The summed E-state index contributed by atoms with van der Waals surface area (Å²) >= 11 is 0. The number of hydrogen-bond acceptors (Lipinski definition) is 4. The Morgan fingerprint density at radius 1 is 0.968 bits per heavy atom. The number of amides is 3. The molecule has 0 atom stereocenters. The summed E-state index contributed by atoms with van der Waals surface area (Å²) in [5, 5.41) is 5.54. The summed E-state index contributed by atoms with van der Waals surface area (Å²) in [4.78, 5) is 28.5. The van der Waals surface area contributed by atoms with Crippen LogP contribution < -0.4 is 15.4 Å².